The van der Waals surface area contributed by atoms with Crippen molar-refractivity contribution in [1.82, 2.24) is 4.98 Å². The lowest BCUT2D eigenvalue weighted by molar-refractivity contribution is 1.50. The molecule has 2 rings (SSSR count). The average molecular weight is 189 g/mol. The van der Waals surface area contributed by atoms with Gasteiger partial charge in [0.1, 0.15) is 0 Å². The number of fused-ring (bicyclic) bond motifs is 1. The molecule has 0 atom stereocenters. The fourth-order valence-corrected chi connectivity index (χ4v) is 1.48. The summed E-state index contributed by atoms with van der Waals surface area (Å²) in [4.78, 5) is 4.14. The molecule has 1 aromatic carbocycles. The summed E-state index contributed by atoms with van der Waals surface area (Å²) >= 11 is 1.68. The number of para-hydroxylation sites is 1. The van der Waals surface area contributed by atoms with Crippen LogP contribution in [0.1, 0.15) is 0 Å². The average Bonchev–Trinajstić information content (AvgIpc) is 2.66. The van der Waals surface area contributed by atoms with Crippen LogP contribution in [0, 0.1) is 0 Å². The number of allylic oxidation sites excluding steroid dienone is 2. The Labute approximate surface area is 82.1 Å². The quantitative estimate of drug-likeness (QED) is 0.624. The molecule has 0 aliphatic heterocycles. The van der Waals surface area contributed by atoms with Crippen molar-refractivity contribution in [2.75, 3.05) is 0 Å². The van der Waals surface area contributed by atoms with Gasteiger partial charge in [0.15, 0.2) is 0 Å². The summed E-state index contributed by atoms with van der Waals surface area (Å²) in [6, 6.07) is 8.13. The van der Waals surface area contributed by atoms with E-state index in [0.29, 0.717) is 0 Å². The summed E-state index contributed by atoms with van der Waals surface area (Å²) in [5, 5.41) is 0. The van der Waals surface area contributed by atoms with Crippen LogP contribution in [-0.4, -0.2) is 4.98 Å². The van der Waals surface area contributed by atoms with Crippen LogP contribution in [0.5, 0.6) is 0 Å². The molecule has 0 saturated carbocycles. The van der Waals surface area contributed by atoms with Gasteiger partial charge in [0.25, 0.3) is 0 Å². The minimum Gasteiger partial charge on any atom is -0.245 e. The summed E-state index contributed by atoms with van der Waals surface area (Å²) in [5.41, 5.74) is 2.97. The molecule has 0 bridgehead atoms. The molecule has 0 unspecified atom stereocenters. The van der Waals surface area contributed by atoms with E-state index in [1.165, 1.54) is 4.70 Å². The van der Waals surface area contributed by atoms with Crippen LogP contribution >= 0.6 is 11.3 Å². The Morgan fingerprint density at radius 2 is 1.85 bits per heavy atom. The lowest BCUT2D eigenvalue weighted by atomic mass is 10.3. The van der Waals surface area contributed by atoms with Gasteiger partial charge in [-0.25, -0.2) is 4.98 Å². The molecule has 1 nitrogen and oxygen atoms in total. The normalized spacial score (nSPS) is 8.62. The fourth-order valence-electron chi connectivity index (χ4n) is 0.803. The van der Waals surface area contributed by atoms with E-state index in [4.69, 9.17) is 0 Å². The smallest absolute Gasteiger partial charge is 0.0812 e. The number of hydrogen-bond donors (Lipinski definition) is 0. The Kier molecular flexibility index (Phi) is 3.93. The Morgan fingerprint density at radius 3 is 2.46 bits per heavy atom. The van der Waals surface area contributed by atoms with Gasteiger partial charge in [-0.2, -0.15) is 0 Å². The number of aromatic nitrogens is 1. The van der Waals surface area contributed by atoms with E-state index >= 15 is 0 Å². The zero-order chi connectivity index (χ0) is 9.52. The van der Waals surface area contributed by atoms with Crippen LogP contribution in [0.15, 0.2) is 55.1 Å². The molecule has 13 heavy (non-hydrogen) atoms. The summed E-state index contributed by atoms with van der Waals surface area (Å²) < 4.78 is 1.26. The minimum atomic E-state index is 1.10. The number of hydrogen-bond acceptors (Lipinski definition) is 2. The van der Waals surface area contributed by atoms with Gasteiger partial charge in [-0.3, -0.25) is 0 Å². The van der Waals surface area contributed by atoms with Crippen molar-refractivity contribution in [2.24, 2.45) is 0 Å². The summed E-state index contributed by atoms with van der Waals surface area (Å²) in [7, 11) is 0. The Balaban J connectivity index is 0.000000184. The maximum atomic E-state index is 4.14. The Hall–Kier alpha value is -1.41. The van der Waals surface area contributed by atoms with Crippen LogP contribution in [0.2, 0.25) is 0 Å². The molecule has 0 spiro atoms. The molecule has 0 aliphatic carbocycles. The van der Waals surface area contributed by atoms with Crippen molar-refractivity contribution in [1.29, 1.82) is 0 Å². The second-order valence-electron chi connectivity index (χ2n) is 2.29. The molecule has 0 fully saturated rings. The zero-order valence-electron chi connectivity index (χ0n) is 7.31. The van der Waals surface area contributed by atoms with Gasteiger partial charge < -0.3 is 0 Å². The van der Waals surface area contributed by atoms with Crippen molar-refractivity contribution in [3.63, 3.8) is 0 Å². The van der Waals surface area contributed by atoms with E-state index in [1.54, 1.807) is 23.5 Å². The maximum absolute atomic E-state index is 4.14. The number of thiazole rings is 1. The molecule has 2 aromatic rings. The van der Waals surface area contributed by atoms with E-state index in [9.17, 15) is 0 Å². The van der Waals surface area contributed by atoms with Crippen molar-refractivity contribution in [3.8, 4) is 0 Å². The van der Waals surface area contributed by atoms with Gasteiger partial charge in [-0.15, -0.1) is 11.3 Å². The minimum absolute atomic E-state index is 1.10. The van der Waals surface area contributed by atoms with Gasteiger partial charge in [-0.05, 0) is 12.1 Å². The highest BCUT2D eigenvalue weighted by Gasteiger charge is 1.89. The van der Waals surface area contributed by atoms with E-state index in [-0.39, 0.29) is 0 Å². The standard InChI is InChI=1S/C7H5NS.C4H6/c1-2-4-7-6(3-1)8-5-9-7;1-3-4-2/h1-5H;3-4H,1-2H2. The van der Waals surface area contributed by atoms with Gasteiger partial charge in [0.05, 0.1) is 15.7 Å². The highest BCUT2D eigenvalue weighted by Crippen LogP contribution is 2.15. The van der Waals surface area contributed by atoms with Crippen LogP contribution < -0.4 is 0 Å². The summed E-state index contributed by atoms with van der Waals surface area (Å²) in [6.07, 6.45) is 3.28. The lowest BCUT2D eigenvalue weighted by Crippen LogP contribution is -1.61. The largest absolute Gasteiger partial charge is 0.245 e. The second-order valence-corrected chi connectivity index (χ2v) is 3.18. The Morgan fingerprint density at radius 1 is 1.15 bits per heavy atom. The van der Waals surface area contributed by atoms with Gasteiger partial charge in [-0.1, -0.05) is 37.4 Å². The van der Waals surface area contributed by atoms with Crippen molar-refractivity contribution in [2.45, 2.75) is 0 Å². The van der Waals surface area contributed by atoms with Gasteiger partial charge in [0.2, 0.25) is 0 Å². The van der Waals surface area contributed by atoms with Gasteiger partial charge in [0, 0.05) is 0 Å². The number of nitrogens with zero attached hydrogens (tertiary/aromatic N) is 1. The predicted molar refractivity (Wildman–Crippen MR) is 60.0 cm³/mol. The van der Waals surface area contributed by atoms with Crippen LogP contribution in [-0.2, 0) is 0 Å². The molecule has 66 valence electrons. The first-order valence-corrected chi connectivity index (χ1v) is 4.78. The molecule has 0 N–H and O–H groups in total. The zero-order valence-corrected chi connectivity index (χ0v) is 8.13. The third kappa shape index (κ3) is 2.84. The third-order valence-electron chi connectivity index (χ3n) is 1.40. The first-order valence-electron chi connectivity index (χ1n) is 3.90. The van der Waals surface area contributed by atoms with Crippen LogP contribution in [0.3, 0.4) is 0 Å². The topological polar surface area (TPSA) is 12.9 Å². The lowest BCUT2D eigenvalue weighted by Gasteiger charge is -1.80. The van der Waals surface area contributed by atoms with Gasteiger partial charge >= 0.3 is 0 Å². The summed E-state index contributed by atoms with van der Waals surface area (Å²) in [6.45, 7) is 6.72. The molecule has 0 aliphatic rings. The first kappa shape index (κ1) is 9.68. The van der Waals surface area contributed by atoms with E-state index in [0.717, 1.165) is 5.52 Å². The SMILES string of the molecule is C=CC=C.c1ccc2scnc2c1. The van der Waals surface area contributed by atoms with Crippen molar-refractivity contribution >= 4 is 21.6 Å². The first-order chi connectivity index (χ1) is 6.38. The third-order valence-corrected chi connectivity index (χ3v) is 2.21. The highest BCUT2D eigenvalue weighted by molar-refractivity contribution is 7.16. The predicted octanol–water partition coefficient (Wildman–Crippen LogP) is 3.65. The summed E-state index contributed by atoms with van der Waals surface area (Å²) in [5.74, 6) is 0. The molecule has 0 saturated heterocycles. The van der Waals surface area contributed by atoms with E-state index < -0.39 is 0 Å². The fraction of sp³-hybridized carbons (Fsp3) is 0. The maximum Gasteiger partial charge on any atom is 0.0812 e. The van der Waals surface area contributed by atoms with E-state index in [2.05, 4.69) is 24.2 Å². The van der Waals surface area contributed by atoms with Crippen LogP contribution in [0.25, 0.3) is 10.2 Å². The van der Waals surface area contributed by atoms with Crippen molar-refractivity contribution in [3.05, 3.63) is 55.1 Å². The molecule has 2 heteroatoms. The molecule has 0 radical (unpaired) electrons. The van der Waals surface area contributed by atoms with Crippen molar-refractivity contribution < 1.29 is 0 Å². The van der Waals surface area contributed by atoms with E-state index in [1.807, 2.05) is 23.7 Å². The Bertz CT molecular complexity index is 353. The molecular formula is C11H11NS. The molecule has 1 aromatic heterocycles. The monoisotopic (exact) mass is 189 g/mol. The molecule has 1 heterocycles. The van der Waals surface area contributed by atoms with Crippen LogP contribution in [0.4, 0.5) is 0 Å². The number of rotatable bonds is 1. The highest BCUT2D eigenvalue weighted by atomic mass is 32.1. The number of benzene rings is 1. The molecular weight excluding hydrogens is 178 g/mol. The second kappa shape index (κ2) is 5.27. The molecule has 0 amide bonds.